The van der Waals surface area contributed by atoms with Crippen LogP contribution in [0.15, 0.2) is 46.2 Å². The monoisotopic (exact) mass is 400 g/mol. The Kier molecular flexibility index (Phi) is 5.29. The molecule has 27 heavy (non-hydrogen) atoms. The number of nitro groups is 1. The summed E-state index contributed by atoms with van der Waals surface area (Å²) < 4.78 is 6.27. The Morgan fingerprint density at radius 3 is 2.78 bits per heavy atom. The zero-order valence-corrected chi connectivity index (χ0v) is 16.4. The maximum atomic E-state index is 12.4. The molecule has 0 spiro atoms. The van der Waals surface area contributed by atoms with Crippen LogP contribution in [-0.2, 0) is 4.79 Å². The zero-order chi connectivity index (χ0) is 19.7. The fourth-order valence-electron chi connectivity index (χ4n) is 2.67. The van der Waals surface area contributed by atoms with Gasteiger partial charge in [0.05, 0.1) is 9.83 Å². The van der Waals surface area contributed by atoms with Crippen molar-refractivity contribution in [3.05, 3.63) is 68.8 Å². The van der Waals surface area contributed by atoms with E-state index in [4.69, 9.17) is 16.6 Å². The number of aryl methyl sites for hydroxylation is 1. The summed E-state index contributed by atoms with van der Waals surface area (Å²) in [5, 5.41) is 11.2. The SMILES string of the molecule is C=CCN1C(=O)C(=Cc2ccc(-c3cc(C)c(C)c([N+](=O)[O-])c3)o2)SC1=S. The number of hydrogen-bond donors (Lipinski definition) is 0. The quantitative estimate of drug-likeness (QED) is 0.235. The van der Waals surface area contributed by atoms with Crippen LogP contribution in [0.1, 0.15) is 16.9 Å². The van der Waals surface area contributed by atoms with Gasteiger partial charge in [0.15, 0.2) is 0 Å². The maximum Gasteiger partial charge on any atom is 0.273 e. The summed E-state index contributed by atoms with van der Waals surface area (Å²) in [6, 6.07) is 6.78. The van der Waals surface area contributed by atoms with Crippen LogP contribution in [0.4, 0.5) is 5.69 Å². The van der Waals surface area contributed by atoms with Crippen molar-refractivity contribution >= 4 is 46.0 Å². The minimum atomic E-state index is -0.402. The van der Waals surface area contributed by atoms with E-state index in [9.17, 15) is 14.9 Å². The lowest BCUT2D eigenvalue weighted by molar-refractivity contribution is -0.385. The highest BCUT2D eigenvalue weighted by atomic mass is 32.2. The van der Waals surface area contributed by atoms with Crippen molar-refractivity contribution < 1.29 is 14.1 Å². The summed E-state index contributed by atoms with van der Waals surface area (Å²) in [7, 11) is 0. The third kappa shape index (κ3) is 3.72. The molecule has 6 nitrogen and oxygen atoms in total. The summed E-state index contributed by atoms with van der Waals surface area (Å²) in [5.74, 6) is 0.781. The van der Waals surface area contributed by atoms with E-state index in [-0.39, 0.29) is 11.6 Å². The van der Waals surface area contributed by atoms with Gasteiger partial charge in [-0.25, -0.2) is 0 Å². The number of benzene rings is 1. The first kappa shape index (κ1) is 19.1. The predicted octanol–water partition coefficient (Wildman–Crippen LogP) is 4.86. The highest BCUT2D eigenvalue weighted by Gasteiger charge is 2.31. The molecule has 1 fully saturated rings. The van der Waals surface area contributed by atoms with E-state index in [0.29, 0.717) is 38.4 Å². The van der Waals surface area contributed by atoms with Crippen LogP contribution in [0.3, 0.4) is 0 Å². The topological polar surface area (TPSA) is 76.6 Å². The summed E-state index contributed by atoms with van der Waals surface area (Å²) in [5.41, 5.74) is 2.10. The maximum absolute atomic E-state index is 12.4. The van der Waals surface area contributed by atoms with Gasteiger partial charge >= 0.3 is 0 Å². The number of thioether (sulfide) groups is 1. The van der Waals surface area contributed by atoms with Gasteiger partial charge in [-0.2, -0.15) is 0 Å². The van der Waals surface area contributed by atoms with Crippen molar-refractivity contribution in [1.29, 1.82) is 0 Å². The zero-order valence-electron chi connectivity index (χ0n) is 14.7. The average Bonchev–Trinajstić information content (AvgIpc) is 3.18. The molecule has 1 aliphatic rings. The number of rotatable bonds is 5. The fraction of sp³-hybridized carbons (Fsp3) is 0.158. The molecule has 0 radical (unpaired) electrons. The number of carbonyl (C=O) groups excluding carboxylic acids is 1. The smallest absolute Gasteiger partial charge is 0.273 e. The fourth-order valence-corrected chi connectivity index (χ4v) is 3.93. The van der Waals surface area contributed by atoms with Crippen molar-refractivity contribution in [2.24, 2.45) is 0 Å². The van der Waals surface area contributed by atoms with Gasteiger partial charge < -0.3 is 4.42 Å². The molecule has 8 heteroatoms. The van der Waals surface area contributed by atoms with Crippen molar-refractivity contribution in [2.45, 2.75) is 13.8 Å². The normalized spacial score (nSPS) is 15.6. The van der Waals surface area contributed by atoms with Gasteiger partial charge in [0, 0.05) is 29.8 Å². The number of nitrogens with zero attached hydrogens (tertiary/aromatic N) is 2. The molecule has 0 aliphatic carbocycles. The molecule has 0 saturated carbocycles. The van der Waals surface area contributed by atoms with Gasteiger partial charge in [-0.1, -0.05) is 30.1 Å². The van der Waals surface area contributed by atoms with E-state index in [1.807, 2.05) is 13.0 Å². The van der Waals surface area contributed by atoms with Crippen LogP contribution in [0.5, 0.6) is 0 Å². The lowest BCUT2D eigenvalue weighted by atomic mass is 10.0. The van der Waals surface area contributed by atoms with Crippen LogP contribution >= 0.6 is 24.0 Å². The molecule has 1 aromatic heterocycles. The van der Waals surface area contributed by atoms with E-state index in [2.05, 4.69) is 6.58 Å². The van der Waals surface area contributed by atoms with Gasteiger partial charge in [0.1, 0.15) is 15.8 Å². The molecular formula is C19H16N2O4S2. The van der Waals surface area contributed by atoms with E-state index >= 15 is 0 Å². The molecule has 0 bridgehead atoms. The molecule has 0 atom stereocenters. The van der Waals surface area contributed by atoms with Crippen LogP contribution < -0.4 is 0 Å². The molecule has 1 saturated heterocycles. The lowest BCUT2D eigenvalue weighted by Crippen LogP contribution is -2.27. The molecule has 0 N–H and O–H groups in total. The second-order valence-electron chi connectivity index (χ2n) is 5.98. The molecule has 138 valence electrons. The summed E-state index contributed by atoms with van der Waals surface area (Å²) in [6.45, 7) is 7.52. The van der Waals surface area contributed by atoms with Crippen LogP contribution in [0.2, 0.25) is 0 Å². The van der Waals surface area contributed by atoms with E-state index in [1.54, 1.807) is 31.2 Å². The summed E-state index contributed by atoms with van der Waals surface area (Å²) in [6.07, 6.45) is 3.24. The summed E-state index contributed by atoms with van der Waals surface area (Å²) in [4.78, 5) is 25.2. The number of furan rings is 1. The summed E-state index contributed by atoms with van der Waals surface area (Å²) >= 11 is 6.41. The molecule has 1 aliphatic heterocycles. The average molecular weight is 400 g/mol. The third-order valence-corrected chi connectivity index (χ3v) is 5.58. The Morgan fingerprint density at radius 2 is 2.11 bits per heavy atom. The number of carbonyl (C=O) groups is 1. The van der Waals surface area contributed by atoms with Crippen molar-refractivity contribution in [3.8, 4) is 11.3 Å². The van der Waals surface area contributed by atoms with Gasteiger partial charge in [-0.3, -0.25) is 19.8 Å². The Hall–Kier alpha value is -2.71. The molecule has 2 heterocycles. The first-order valence-electron chi connectivity index (χ1n) is 8.04. The number of nitro benzene ring substituents is 1. The van der Waals surface area contributed by atoms with Crippen LogP contribution in [-0.4, -0.2) is 26.6 Å². The van der Waals surface area contributed by atoms with Crippen molar-refractivity contribution in [1.82, 2.24) is 4.90 Å². The van der Waals surface area contributed by atoms with Crippen LogP contribution in [0, 0.1) is 24.0 Å². The highest BCUT2D eigenvalue weighted by molar-refractivity contribution is 8.26. The molecule has 1 amide bonds. The van der Waals surface area contributed by atoms with E-state index in [1.165, 1.54) is 22.7 Å². The Balaban J connectivity index is 1.92. The van der Waals surface area contributed by atoms with E-state index in [0.717, 1.165) is 5.56 Å². The van der Waals surface area contributed by atoms with Crippen LogP contribution in [0.25, 0.3) is 17.4 Å². The first-order valence-corrected chi connectivity index (χ1v) is 9.26. The Bertz CT molecular complexity index is 1010. The number of hydrogen-bond acceptors (Lipinski definition) is 6. The molecule has 1 aromatic carbocycles. The second kappa shape index (κ2) is 7.50. The largest absolute Gasteiger partial charge is 0.457 e. The van der Waals surface area contributed by atoms with Crippen molar-refractivity contribution in [2.75, 3.05) is 6.54 Å². The molecule has 2 aromatic rings. The Labute approximate surface area is 165 Å². The minimum Gasteiger partial charge on any atom is -0.457 e. The van der Waals surface area contributed by atoms with Gasteiger partial charge in [-0.05, 0) is 37.6 Å². The molecule has 3 rings (SSSR count). The highest BCUT2D eigenvalue weighted by Crippen LogP contribution is 2.34. The Morgan fingerprint density at radius 1 is 1.37 bits per heavy atom. The second-order valence-corrected chi connectivity index (χ2v) is 7.65. The first-order chi connectivity index (χ1) is 12.8. The number of thiocarbonyl (C=S) groups is 1. The molecular weight excluding hydrogens is 384 g/mol. The van der Waals surface area contributed by atoms with Gasteiger partial charge in [0.25, 0.3) is 11.6 Å². The molecule has 0 unspecified atom stereocenters. The van der Waals surface area contributed by atoms with Gasteiger partial charge in [-0.15, -0.1) is 6.58 Å². The van der Waals surface area contributed by atoms with E-state index < -0.39 is 4.92 Å². The minimum absolute atomic E-state index is 0.0493. The lowest BCUT2D eigenvalue weighted by Gasteiger charge is -2.10. The third-order valence-electron chi connectivity index (χ3n) is 4.21. The predicted molar refractivity (Wildman–Crippen MR) is 110 cm³/mol. The number of amides is 1. The van der Waals surface area contributed by atoms with Gasteiger partial charge in [0.2, 0.25) is 0 Å². The standard InChI is InChI=1S/C19H16N2O4S2/c1-4-7-20-18(22)17(27-19(20)26)10-14-5-6-16(25-14)13-8-11(2)12(3)15(9-13)21(23)24/h4-6,8-10H,1,7H2,2-3H3. The van der Waals surface area contributed by atoms with Crippen molar-refractivity contribution in [3.63, 3.8) is 0 Å².